The van der Waals surface area contributed by atoms with Crippen molar-refractivity contribution < 1.29 is 19.5 Å². The van der Waals surface area contributed by atoms with E-state index in [9.17, 15) is 19.5 Å². The number of pyridine rings is 1. The van der Waals surface area contributed by atoms with Gasteiger partial charge < -0.3 is 15.3 Å². The van der Waals surface area contributed by atoms with Gasteiger partial charge >= 0.3 is 0 Å². The number of anilines is 1. The van der Waals surface area contributed by atoms with Gasteiger partial charge in [-0.1, -0.05) is 13.0 Å². The normalized spacial score (nSPS) is 21.0. The number of aromatic nitrogens is 5. The van der Waals surface area contributed by atoms with Gasteiger partial charge in [-0.2, -0.15) is 5.10 Å². The van der Waals surface area contributed by atoms with Crippen LogP contribution in [0.25, 0.3) is 22.0 Å². The average molecular weight is 633 g/mol. The van der Waals surface area contributed by atoms with Gasteiger partial charge in [0.25, 0.3) is 0 Å². The summed E-state index contributed by atoms with van der Waals surface area (Å²) in [5, 5.41) is 17.6. The molecule has 4 aromatic rings. The molecule has 0 bridgehead atoms. The third kappa shape index (κ3) is 4.88. The molecule has 6 rings (SSSR count). The highest BCUT2D eigenvalue weighted by Gasteiger charge is 2.64. The molecule has 1 aliphatic heterocycles. The van der Waals surface area contributed by atoms with Crippen LogP contribution < -0.4 is 5.32 Å². The molecule has 2 fully saturated rings. The van der Waals surface area contributed by atoms with Gasteiger partial charge in [-0.15, -0.1) is 0 Å². The van der Waals surface area contributed by atoms with Crippen LogP contribution in [0.3, 0.4) is 0 Å². The second-order valence-electron chi connectivity index (χ2n) is 11.5. The average Bonchev–Trinajstić information content (AvgIpc) is 3.31. The molecule has 2 aliphatic rings. The fourth-order valence-electron chi connectivity index (χ4n) is 6.03. The molecule has 1 saturated carbocycles. The van der Waals surface area contributed by atoms with Crippen LogP contribution in [-0.4, -0.2) is 71.0 Å². The van der Waals surface area contributed by atoms with E-state index in [0.717, 1.165) is 28.7 Å². The second kappa shape index (κ2) is 10.4. The molecular weight excluding hydrogens is 602 g/mol. The SMILES string of the molecule is Cc1ncc(-c2cc(C)c3c(c2)c(C(=O)CO)nn3CC(=O)N2[C@H](C(=O)Nc3nc(Br)ccc3C)C[C@@]3(C)C[C@@H]23)cn1. The Hall–Kier alpha value is -4.03. The van der Waals surface area contributed by atoms with Gasteiger partial charge in [0.15, 0.2) is 0 Å². The second-order valence-corrected chi connectivity index (χ2v) is 12.3. The zero-order valence-electron chi connectivity index (χ0n) is 23.7. The van der Waals surface area contributed by atoms with Gasteiger partial charge in [0.05, 0.1) is 5.52 Å². The zero-order chi connectivity index (χ0) is 29.9. The van der Waals surface area contributed by atoms with Crippen molar-refractivity contribution in [3.05, 3.63) is 63.9 Å². The lowest BCUT2D eigenvalue weighted by Gasteiger charge is -2.27. The minimum atomic E-state index is -0.713. The number of aliphatic hydroxyl groups excluding tert-OH is 1. The molecule has 3 atom stereocenters. The summed E-state index contributed by atoms with van der Waals surface area (Å²) in [5.41, 5.74) is 3.75. The van der Waals surface area contributed by atoms with Crippen LogP contribution in [0.2, 0.25) is 0 Å². The fraction of sp³-hybridized carbons (Fsp3) is 0.367. The number of hydrogen-bond donors (Lipinski definition) is 2. The first-order valence-electron chi connectivity index (χ1n) is 13.7. The van der Waals surface area contributed by atoms with Crippen LogP contribution in [0.15, 0.2) is 41.3 Å². The number of aryl methyl sites for hydroxylation is 3. The van der Waals surface area contributed by atoms with Crippen LogP contribution in [-0.2, 0) is 16.1 Å². The number of Topliss-reactive ketones (excluding diaryl/α,β-unsaturated/α-hetero) is 1. The highest BCUT2D eigenvalue weighted by atomic mass is 79.9. The number of nitrogens with one attached hydrogen (secondary N) is 1. The van der Waals surface area contributed by atoms with Crippen molar-refractivity contribution in [1.29, 1.82) is 0 Å². The number of benzene rings is 1. The summed E-state index contributed by atoms with van der Waals surface area (Å²) >= 11 is 3.35. The number of rotatable bonds is 7. The maximum atomic E-state index is 13.9. The Morgan fingerprint density at radius 3 is 2.52 bits per heavy atom. The van der Waals surface area contributed by atoms with E-state index >= 15 is 0 Å². The third-order valence-corrected chi connectivity index (χ3v) is 8.81. The number of nitrogens with zero attached hydrogens (tertiary/aromatic N) is 6. The van der Waals surface area contributed by atoms with Gasteiger partial charge in [0, 0.05) is 29.4 Å². The van der Waals surface area contributed by atoms with Crippen LogP contribution in [0.1, 0.15) is 47.2 Å². The Kier molecular flexibility index (Phi) is 6.93. The number of carbonyl (C=O) groups is 3. The Labute approximate surface area is 250 Å². The number of hydrogen-bond acceptors (Lipinski definition) is 8. The number of likely N-dealkylation sites (tertiary alicyclic amines) is 1. The fourth-order valence-corrected chi connectivity index (χ4v) is 6.34. The summed E-state index contributed by atoms with van der Waals surface area (Å²) in [5.74, 6) is -0.00459. The number of ketones is 1. The predicted octanol–water partition coefficient (Wildman–Crippen LogP) is 3.77. The highest BCUT2D eigenvalue weighted by Crippen LogP contribution is 2.59. The molecule has 0 radical (unpaired) electrons. The molecule has 0 unspecified atom stereocenters. The summed E-state index contributed by atoms with van der Waals surface area (Å²) < 4.78 is 2.11. The van der Waals surface area contributed by atoms with Gasteiger partial charge in [-0.3, -0.25) is 19.1 Å². The van der Waals surface area contributed by atoms with Crippen LogP contribution in [0, 0.1) is 26.2 Å². The minimum Gasteiger partial charge on any atom is -0.388 e. The van der Waals surface area contributed by atoms with E-state index in [1.165, 1.54) is 4.68 Å². The zero-order valence-corrected chi connectivity index (χ0v) is 25.3. The van der Waals surface area contributed by atoms with Crippen molar-refractivity contribution in [2.24, 2.45) is 5.41 Å². The Balaban J connectivity index is 1.33. The Morgan fingerprint density at radius 1 is 1.07 bits per heavy atom. The largest absolute Gasteiger partial charge is 0.388 e. The monoisotopic (exact) mass is 631 g/mol. The third-order valence-electron chi connectivity index (χ3n) is 8.37. The van der Waals surface area contributed by atoms with Crippen molar-refractivity contribution in [2.45, 2.75) is 59.2 Å². The molecule has 2 N–H and O–H groups in total. The van der Waals surface area contributed by atoms with Crippen LogP contribution >= 0.6 is 15.9 Å². The van der Waals surface area contributed by atoms with E-state index in [4.69, 9.17) is 0 Å². The first kappa shape index (κ1) is 28.1. The maximum Gasteiger partial charge on any atom is 0.248 e. The van der Waals surface area contributed by atoms with E-state index in [1.54, 1.807) is 30.3 Å². The molecule has 1 aromatic carbocycles. The lowest BCUT2D eigenvalue weighted by molar-refractivity contribution is -0.138. The van der Waals surface area contributed by atoms with Crippen molar-refractivity contribution >= 4 is 50.2 Å². The van der Waals surface area contributed by atoms with Gasteiger partial charge in [0.1, 0.15) is 41.1 Å². The standard InChI is InChI=1S/C30H30BrN7O4/c1-15-5-6-24(31)34-28(15)35-29(42)21-9-30(4)10-23(30)38(21)25(41)13-37-27-16(2)7-18(19-11-32-17(3)33-12-19)8-20(27)26(36-37)22(40)14-39/h5-8,11-12,21,23,39H,9-10,13-14H2,1-4H3,(H,34,35,42)/t21-,23+,30-/m0/s1. The van der Waals surface area contributed by atoms with Crippen LogP contribution in [0.5, 0.6) is 0 Å². The summed E-state index contributed by atoms with van der Waals surface area (Å²) in [6.45, 7) is 6.76. The molecule has 1 aliphatic carbocycles. The molecule has 0 spiro atoms. The molecule has 12 heteroatoms. The molecule has 3 aromatic heterocycles. The maximum absolute atomic E-state index is 13.9. The first-order valence-corrected chi connectivity index (χ1v) is 14.5. The van der Waals surface area contributed by atoms with Crippen molar-refractivity contribution in [1.82, 2.24) is 29.6 Å². The van der Waals surface area contributed by atoms with Crippen molar-refractivity contribution in [3.8, 4) is 11.1 Å². The van der Waals surface area contributed by atoms with Crippen molar-refractivity contribution in [3.63, 3.8) is 0 Å². The lowest BCUT2D eigenvalue weighted by atomic mass is 10.0. The quantitative estimate of drug-likeness (QED) is 0.232. The lowest BCUT2D eigenvalue weighted by Crippen LogP contribution is -2.47. The number of amides is 2. The molecular formula is C30H30BrN7O4. The van der Waals surface area contributed by atoms with E-state index < -0.39 is 18.4 Å². The Morgan fingerprint density at radius 2 is 1.81 bits per heavy atom. The van der Waals surface area contributed by atoms with Crippen molar-refractivity contribution in [2.75, 3.05) is 11.9 Å². The van der Waals surface area contributed by atoms with Gasteiger partial charge in [0.2, 0.25) is 17.6 Å². The summed E-state index contributed by atoms with van der Waals surface area (Å²) in [7, 11) is 0. The van der Waals surface area contributed by atoms with E-state index in [0.29, 0.717) is 33.6 Å². The number of carbonyl (C=O) groups excluding carboxylic acids is 3. The van der Waals surface area contributed by atoms with E-state index in [2.05, 4.69) is 48.2 Å². The Bertz CT molecular complexity index is 1770. The summed E-state index contributed by atoms with van der Waals surface area (Å²) in [6.07, 6.45) is 4.80. The molecule has 42 heavy (non-hydrogen) atoms. The first-order chi connectivity index (χ1) is 20.0. The summed E-state index contributed by atoms with van der Waals surface area (Å²) in [6, 6.07) is 6.70. The summed E-state index contributed by atoms with van der Waals surface area (Å²) in [4.78, 5) is 54.7. The van der Waals surface area contributed by atoms with Crippen LogP contribution in [0.4, 0.5) is 5.82 Å². The molecule has 4 heterocycles. The predicted molar refractivity (Wildman–Crippen MR) is 159 cm³/mol. The molecule has 2 amide bonds. The molecule has 216 valence electrons. The smallest absolute Gasteiger partial charge is 0.248 e. The highest BCUT2D eigenvalue weighted by molar-refractivity contribution is 9.10. The number of aliphatic hydroxyl groups is 1. The number of piperidine rings is 1. The number of fused-ring (bicyclic) bond motifs is 2. The van der Waals surface area contributed by atoms with E-state index in [1.807, 2.05) is 32.0 Å². The van der Waals surface area contributed by atoms with Gasteiger partial charge in [-0.05, 0) is 89.8 Å². The molecule has 1 saturated heterocycles. The minimum absolute atomic E-state index is 0.0491. The molecule has 11 nitrogen and oxygen atoms in total. The topological polar surface area (TPSA) is 143 Å². The van der Waals surface area contributed by atoms with Gasteiger partial charge in [-0.25, -0.2) is 15.0 Å². The number of halogens is 1. The van der Waals surface area contributed by atoms with E-state index in [-0.39, 0.29) is 35.5 Å².